The van der Waals surface area contributed by atoms with Gasteiger partial charge >= 0.3 is 0 Å². The highest BCUT2D eigenvalue weighted by molar-refractivity contribution is 5.60. The van der Waals surface area contributed by atoms with E-state index in [4.69, 9.17) is 15.5 Å². The summed E-state index contributed by atoms with van der Waals surface area (Å²) in [6.07, 6.45) is 7.05. The van der Waals surface area contributed by atoms with Crippen LogP contribution in [0, 0.1) is 17.7 Å². The van der Waals surface area contributed by atoms with Crippen molar-refractivity contribution < 1.29 is 9.13 Å². The number of hydrogen-bond donors (Lipinski definition) is 2. The van der Waals surface area contributed by atoms with Gasteiger partial charge in [-0.1, -0.05) is 26.7 Å². The molecule has 0 bridgehead atoms. The normalized spacial score (nSPS) is 23.1. The first-order chi connectivity index (χ1) is 16.5. The van der Waals surface area contributed by atoms with Crippen molar-refractivity contribution in [1.82, 2.24) is 19.9 Å². The number of benzene rings is 1. The largest absolute Gasteiger partial charge is 0.494 e. The Kier molecular flexibility index (Phi) is 8.03. The van der Waals surface area contributed by atoms with Crippen molar-refractivity contribution in [2.45, 2.75) is 58.4 Å². The number of methoxy groups -OCH3 is 1. The zero-order chi connectivity index (χ0) is 24.1. The molecule has 2 fully saturated rings. The van der Waals surface area contributed by atoms with Gasteiger partial charge in [0.2, 0.25) is 17.8 Å². The van der Waals surface area contributed by atoms with Crippen LogP contribution in [0.4, 0.5) is 27.9 Å². The summed E-state index contributed by atoms with van der Waals surface area (Å²) in [4.78, 5) is 17.9. The molecule has 1 aliphatic carbocycles. The third-order valence-electron chi connectivity index (χ3n) is 7.31. The fourth-order valence-electron chi connectivity index (χ4n) is 5.23. The topological polar surface area (TPSA) is 92.4 Å². The summed E-state index contributed by atoms with van der Waals surface area (Å²) in [6.45, 7) is 8.12. The number of likely N-dealkylation sites (tertiary alicyclic amines) is 1. The van der Waals surface area contributed by atoms with E-state index in [-0.39, 0.29) is 11.7 Å². The number of rotatable bonds is 9. The molecule has 2 aromatic rings. The number of anilines is 4. The van der Waals surface area contributed by atoms with Crippen LogP contribution in [0.1, 0.15) is 52.4 Å². The van der Waals surface area contributed by atoms with Crippen molar-refractivity contribution in [3.8, 4) is 5.75 Å². The molecule has 1 aromatic carbocycles. The van der Waals surface area contributed by atoms with E-state index < -0.39 is 5.82 Å². The summed E-state index contributed by atoms with van der Waals surface area (Å²) < 4.78 is 19.7. The summed E-state index contributed by atoms with van der Waals surface area (Å²) in [6, 6.07) is 5.43. The molecule has 1 saturated heterocycles. The number of nitrogens with two attached hydrogens (primary N) is 1. The van der Waals surface area contributed by atoms with Crippen LogP contribution in [-0.2, 0) is 0 Å². The predicted molar refractivity (Wildman–Crippen MR) is 134 cm³/mol. The molecule has 186 valence electrons. The van der Waals surface area contributed by atoms with Gasteiger partial charge in [-0.15, -0.1) is 0 Å². The van der Waals surface area contributed by atoms with Gasteiger partial charge in [0.25, 0.3) is 0 Å². The van der Waals surface area contributed by atoms with Crippen LogP contribution in [0.25, 0.3) is 0 Å². The lowest BCUT2D eigenvalue weighted by Gasteiger charge is -2.32. The second-order valence-corrected chi connectivity index (χ2v) is 9.68. The number of aromatic nitrogens is 3. The molecule has 1 saturated carbocycles. The highest BCUT2D eigenvalue weighted by Gasteiger charge is 2.26. The van der Waals surface area contributed by atoms with Crippen LogP contribution in [0.2, 0.25) is 0 Å². The van der Waals surface area contributed by atoms with Gasteiger partial charge in [-0.2, -0.15) is 15.0 Å². The molecule has 0 amide bonds. The van der Waals surface area contributed by atoms with Gasteiger partial charge in [0.05, 0.1) is 7.11 Å². The van der Waals surface area contributed by atoms with Gasteiger partial charge < -0.3 is 20.7 Å². The fraction of sp³-hybridized carbons (Fsp3) is 0.640. The minimum atomic E-state index is -0.413. The molecule has 1 atom stereocenters. The highest BCUT2D eigenvalue weighted by atomic mass is 19.1. The lowest BCUT2D eigenvalue weighted by molar-refractivity contribution is 0.276. The Balaban J connectivity index is 1.58. The monoisotopic (exact) mass is 471 g/mol. The molecule has 0 spiro atoms. The van der Waals surface area contributed by atoms with E-state index in [1.165, 1.54) is 32.4 Å². The van der Waals surface area contributed by atoms with Crippen LogP contribution < -0.4 is 20.7 Å². The third-order valence-corrected chi connectivity index (χ3v) is 7.31. The van der Waals surface area contributed by atoms with Crippen LogP contribution in [0.5, 0.6) is 5.75 Å². The first-order valence-electron chi connectivity index (χ1n) is 12.6. The summed E-state index contributed by atoms with van der Waals surface area (Å²) in [5.74, 6) is 2.09. The zero-order valence-electron chi connectivity index (χ0n) is 20.6. The van der Waals surface area contributed by atoms with E-state index in [0.717, 1.165) is 44.8 Å². The maximum absolute atomic E-state index is 14.6. The lowest BCUT2D eigenvalue weighted by Crippen LogP contribution is -2.35. The van der Waals surface area contributed by atoms with Crippen molar-refractivity contribution in [2.24, 2.45) is 11.8 Å². The van der Waals surface area contributed by atoms with Crippen molar-refractivity contribution in [1.29, 1.82) is 0 Å². The van der Waals surface area contributed by atoms with E-state index >= 15 is 0 Å². The molecule has 1 aliphatic heterocycles. The third kappa shape index (κ3) is 5.87. The molecule has 9 heteroatoms. The lowest BCUT2D eigenvalue weighted by atomic mass is 9.83. The summed E-state index contributed by atoms with van der Waals surface area (Å²) in [5.41, 5.74) is 6.79. The van der Waals surface area contributed by atoms with E-state index in [9.17, 15) is 4.39 Å². The number of likely N-dealkylation sites (N-methyl/N-ethyl adjacent to an activating group) is 1. The van der Waals surface area contributed by atoms with Gasteiger partial charge in [0, 0.05) is 30.9 Å². The number of nitrogen functional groups attached to an aromatic ring is 1. The molecule has 4 rings (SSSR count). The van der Waals surface area contributed by atoms with E-state index in [2.05, 4.69) is 34.0 Å². The highest BCUT2D eigenvalue weighted by Crippen LogP contribution is 2.34. The summed E-state index contributed by atoms with van der Waals surface area (Å²) in [5, 5.41) is 3.37. The Labute approximate surface area is 202 Å². The first kappa shape index (κ1) is 24.4. The minimum Gasteiger partial charge on any atom is -0.494 e. The van der Waals surface area contributed by atoms with Gasteiger partial charge in [0.15, 0.2) is 11.6 Å². The fourth-order valence-corrected chi connectivity index (χ4v) is 5.23. The van der Waals surface area contributed by atoms with Crippen molar-refractivity contribution in [3.05, 3.63) is 24.0 Å². The van der Waals surface area contributed by atoms with E-state index in [1.807, 2.05) is 11.0 Å². The van der Waals surface area contributed by atoms with Gasteiger partial charge in [-0.3, -0.25) is 4.90 Å². The molecule has 34 heavy (non-hydrogen) atoms. The molecule has 1 unspecified atom stereocenters. The Hall–Kier alpha value is -2.68. The number of hydrogen-bond acceptors (Lipinski definition) is 8. The molecule has 0 radical (unpaired) electrons. The SMILES string of the molecule is CCN1CCCC1CNc1nc(N)nc(N(CC2CCC(C)CC2)c2ccc(OC)c(F)c2)n1. The number of nitrogens with one attached hydrogen (secondary N) is 1. The second-order valence-electron chi connectivity index (χ2n) is 9.68. The van der Waals surface area contributed by atoms with Gasteiger partial charge in [-0.25, -0.2) is 4.39 Å². The second kappa shape index (κ2) is 11.2. The summed E-state index contributed by atoms with van der Waals surface area (Å²) >= 11 is 0. The molecule has 2 heterocycles. The molecule has 1 aromatic heterocycles. The Bertz CT molecular complexity index is 951. The van der Waals surface area contributed by atoms with Crippen molar-refractivity contribution in [3.63, 3.8) is 0 Å². The Morgan fingerprint density at radius 1 is 1.18 bits per heavy atom. The predicted octanol–water partition coefficient (Wildman–Crippen LogP) is 4.46. The number of nitrogens with zero attached hydrogens (tertiary/aromatic N) is 5. The van der Waals surface area contributed by atoms with Gasteiger partial charge in [0.1, 0.15) is 0 Å². The molecule has 3 N–H and O–H groups in total. The van der Waals surface area contributed by atoms with Crippen LogP contribution >= 0.6 is 0 Å². The zero-order valence-corrected chi connectivity index (χ0v) is 20.6. The Morgan fingerprint density at radius 2 is 1.97 bits per heavy atom. The van der Waals surface area contributed by atoms with Crippen LogP contribution in [0.3, 0.4) is 0 Å². The Morgan fingerprint density at radius 3 is 2.68 bits per heavy atom. The van der Waals surface area contributed by atoms with Gasteiger partial charge in [-0.05, 0) is 62.7 Å². The van der Waals surface area contributed by atoms with Crippen molar-refractivity contribution >= 4 is 23.5 Å². The quantitative estimate of drug-likeness (QED) is 0.554. The van der Waals surface area contributed by atoms with Crippen molar-refractivity contribution in [2.75, 3.05) is 49.2 Å². The molecular formula is C25H38FN7O. The first-order valence-corrected chi connectivity index (χ1v) is 12.6. The van der Waals surface area contributed by atoms with E-state index in [1.54, 1.807) is 6.07 Å². The maximum atomic E-state index is 14.6. The summed E-state index contributed by atoms with van der Waals surface area (Å²) in [7, 11) is 1.47. The molecule has 2 aliphatic rings. The minimum absolute atomic E-state index is 0.155. The average molecular weight is 472 g/mol. The van der Waals surface area contributed by atoms with E-state index in [0.29, 0.717) is 36.1 Å². The standard InChI is InChI=1S/C25H38FN7O/c1-4-32-13-5-6-20(32)15-28-24-29-23(27)30-25(31-24)33(16-18-9-7-17(2)8-10-18)19-11-12-22(34-3)21(26)14-19/h11-12,14,17-18,20H,4-10,13,15-16H2,1-3H3,(H3,27,28,29,30,31). The van der Waals surface area contributed by atoms with Crippen LogP contribution in [0.15, 0.2) is 18.2 Å². The average Bonchev–Trinajstić information content (AvgIpc) is 3.29. The number of halogens is 1. The smallest absolute Gasteiger partial charge is 0.236 e. The molecular weight excluding hydrogens is 433 g/mol. The van der Waals surface area contributed by atoms with Crippen LogP contribution in [-0.4, -0.2) is 59.2 Å². The molecule has 8 nitrogen and oxygen atoms in total. The maximum Gasteiger partial charge on any atom is 0.236 e. The number of ether oxygens (including phenoxy) is 1.